The zero-order chi connectivity index (χ0) is 5.54. The summed E-state index contributed by atoms with van der Waals surface area (Å²) in [5, 5.41) is 3.10. The highest BCUT2D eigenvalue weighted by atomic mass is 15.1. The topological polar surface area (TPSA) is 50.7 Å². The Bertz CT molecular complexity index is 93.1. The molecule has 0 atom stereocenters. The fourth-order valence-electron chi connectivity index (χ4n) is 0.138. The summed E-state index contributed by atoms with van der Waals surface area (Å²) in [6.07, 6.45) is 4.28. The second kappa shape index (κ2) is 4.88. The molecule has 0 unspecified atom stereocenters. The van der Waals surface area contributed by atoms with Gasteiger partial charge in [-0.1, -0.05) is 12.7 Å². The Morgan fingerprint density at radius 1 is 1.57 bits per heavy atom. The lowest BCUT2D eigenvalue weighted by molar-refractivity contribution is 1.26. The van der Waals surface area contributed by atoms with Crippen LogP contribution in [0.4, 0.5) is 0 Å². The van der Waals surface area contributed by atoms with Gasteiger partial charge in [-0.3, -0.25) is 0 Å². The van der Waals surface area contributed by atoms with Gasteiger partial charge in [-0.2, -0.15) is 5.10 Å². The van der Waals surface area contributed by atoms with Crippen LogP contribution in [0.1, 0.15) is 0 Å². The van der Waals surface area contributed by atoms with Gasteiger partial charge < -0.3 is 5.84 Å². The van der Waals surface area contributed by atoms with E-state index in [0.29, 0.717) is 0 Å². The fourth-order valence-corrected chi connectivity index (χ4v) is 0.138. The molecule has 0 aromatic heterocycles. The summed E-state index contributed by atoms with van der Waals surface area (Å²) in [6.45, 7) is 3.38. The number of nitrogens with zero attached hydrogens (tertiary/aromatic N) is 2. The fraction of sp³-hybridized carbons (Fsp3) is 0. The number of allylic oxidation sites excluding steroid dienone is 1. The molecule has 3 heteroatoms. The van der Waals surface area contributed by atoms with Crippen molar-refractivity contribution < 1.29 is 0 Å². The van der Waals surface area contributed by atoms with E-state index in [1.165, 1.54) is 12.6 Å². The summed E-state index contributed by atoms with van der Waals surface area (Å²) in [4.78, 5) is 3.55. The van der Waals surface area contributed by atoms with Crippen molar-refractivity contribution in [1.29, 1.82) is 0 Å². The number of aliphatic imine (C=N–C) groups is 1. The molecule has 2 N–H and O–H groups in total. The Hall–Kier alpha value is -1.12. The molecule has 7 heavy (non-hydrogen) atoms. The Morgan fingerprint density at radius 2 is 2.29 bits per heavy atom. The Morgan fingerprint density at radius 3 is 2.71 bits per heavy atom. The third kappa shape index (κ3) is 4.88. The van der Waals surface area contributed by atoms with Gasteiger partial charge in [-0.15, -0.1) is 0 Å². The van der Waals surface area contributed by atoms with Crippen molar-refractivity contribution in [2.75, 3.05) is 0 Å². The third-order valence-electron chi connectivity index (χ3n) is 0.325. The van der Waals surface area contributed by atoms with Crippen LogP contribution in [0.3, 0.4) is 0 Å². The monoisotopic (exact) mass is 97.1 g/mol. The number of rotatable bonds is 2. The van der Waals surface area contributed by atoms with Crippen molar-refractivity contribution in [3.05, 3.63) is 12.7 Å². The molecule has 0 aliphatic rings. The SMILES string of the molecule is C=CC=N/C=N\N. The predicted octanol–water partition coefficient (Wildman–Crippen LogP) is 0.145. The molecule has 0 fully saturated rings. The average Bonchev–Trinajstić information content (AvgIpc) is 1.69. The smallest absolute Gasteiger partial charge is 0.134 e. The molecule has 0 radical (unpaired) electrons. The van der Waals surface area contributed by atoms with Gasteiger partial charge in [0.25, 0.3) is 0 Å². The number of hydrogen-bond donors (Lipinski definition) is 1. The molecule has 0 bridgehead atoms. The summed E-state index contributed by atoms with van der Waals surface area (Å²) < 4.78 is 0. The quantitative estimate of drug-likeness (QED) is 0.227. The molecular weight excluding hydrogens is 90.1 g/mol. The van der Waals surface area contributed by atoms with Crippen molar-refractivity contribution in [2.24, 2.45) is 15.9 Å². The van der Waals surface area contributed by atoms with Crippen molar-refractivity contribution in [1.82, 2.24) is 0 Å². The maximum Gasteiger partial charge on any atom is 0.134 e. The Kier molecular flexibility index (Phi) is 4.10. The second-order valence-corrected chi connectivity index (χ2v) is 0.798. The summed E-state index contributed by atoms with van der Waals surface area (Å²) in [6, 6.07) is 0. The van der Waals surface area contributed by atoms with Crippen molar-refractivity contribution in [2.45, 2.75) is 0 Å². The minimum atomic E-state index is 1.24. The molecule has 0 aromatic carbocycles. The minimum absolute atomic E-state index is 1.24. The van der Waals surface area contributed by atoms with Crippen LogP contribution in [-0.2, 0) is 0 Å². The third-order valence-corrected chi connectivity index (χ3v) is 0.325. The maximum absolute atomic E-state index is 4.69. The molecule has 0 saturated carbocycles. The van der Waals surface area contributed by atoms with E-state index in [9.17, 15) is 0 Å². The molecule has 0 amide bonds. The van der Waals surface area contributed by atoms with Gasteiger partial charge in [0.1, 0.15) is 6.34 Å². The van der Waals surface area contributed by atoms with Gasteiger partial charge in [-0.25, -0.2) is 4.99 Å². The van der Waals surface area contributed by atoms with E-state index in [1.54, 1.807) is 6.08 Å². The molecule has 0 heterocycles. The molecular formula is C4H7N3. The number of hydrogen-bond acceptors (Lipinski definition) is 2. The van der Waals surface area contributed by atoms with E-state index in [4.69, 9.17) is 5.84 Å². The lowest BCUT2D eigenvalue weighted by Crippen LogP contribution is -1.77. The largest absolute Gasteiger partial charge is 0.322 e. The summed E-state index contributed by atoms with van der Waals surface area (Å²) >= 11 is 0. The van der Waals surface area contributed by atoms with Crippen molar-refractivity contribution in [3.63, 3.8) is 0 Å². The van der Waals surface area contributed by atoms with Crippen LogP contribution in [0.25, 0.3) is 0 Å². The predicted molar refractivity (Wildman–Crippen MR) is 31.4 cm³/mol. The highest BCUT2D eigenvalue weighted by Gasteiger charge is 1.52. The van der Waals surface area contributed by atoms with Crippen molar-refractivity contribution in [3.8, 4) is 0 Å². The molecule has 0 aromatic rings. The Balaban J connectivity index is 3.27. The minimum Gasteiger partial charge on any atom is -0.322 e. The zero-order valence-corrected chi connectivity index (χ0v) is 3.91. The lowest BCUT2D eigenvalue weighted by atomic mass is 10.7. The average molecular weight is 97.1 g/mol. The number of nitrogens with two attached hydrogens (primary N) is 1. The Labute approximate surface area is 42.2 Å². The van der Waals surface area contributed by atoms with E-state index in [0.717, 1.165) is 0 Å². The van der Waals surface area contributed by atoms with E-state index < -0.39 is 0 Å². The second-order valence-electron chi connectivity index (χ2n) is 0.798. The van der Waals surface area contributed by atoms with Crippen LogP contribution in [0, 0.1) is 0 Å². The summed E-state index contributed by atoms with van der Waals surface area (Å²) in [5.41, 5.74) is 0. The van der Waals surface area contributed by atoms with Gasteiger partial charge in [0.15, 0.2) is 0 Å². The van der Waals surface area contributed by atoms with Crippen LogP contribution in [-0.4, -0.2) is 12.6 Å². The standard InChI is InChI=1S/C4H7N3/c1-2-3-6-4-7-5/h2-4H,1,5H2/b6-3?,7-4-. The first-order valence-corrected chi connectivity index (χ1v) is 1.77. The van der Waals surface area contributed by atoms with Crippen LogP contribution in [0.15, 0.2) is 22.7 Å². The molecule has 38 valence electrons. The maximum atomic E-state index is 4.69. The number of hydrazone groups is 1. The van der Waals surface area contributed by atoms with E-state index >= 15 is 0 Å². The summed E-state index contributed by atoms with van der Waals surface area (Å²) in [7, 11) is 0. The lowest BCUT2D eigenvalue weighted by Gasteiger charge is -1.67. The molecule has 0 aliphatic heterocycles. The van der Waals surface area contributed by atoms with Crippen LogP contribution < -0.4 is 5.84 Å². The van der Waals surface area contributed by atoms with Gasteiger partial charge >= 0.3 is 0 Å². The summed E-state index contributed by atoms with van der Waals surface area (Å²) in [5.74, 6) is 4.69. The van der Waals surface area contributed by atoms with Gasteiger partial charge in [-0.05, 0) is 0 Å². The van der Waals surface area contributed by atoms with Gasteiger partial charge in [0, 0.05) is 6.21 Å². The van der Waals surface area contributed by atoms with Gasteiger partial charge in [0.05, 0.1) is 0 Å². The van der Waals surface area contributed by atoms with Gasteiger partial charge in [0.2, 0.25) is 0 Å². The molecule has 0 spiro atoms. The van der Waals surface area contributed by atoms with E-state index in [1.807, 2.05) is 0 Å². The van der Waals surface area contributed by atoms with Crippen molar-refractivity contribution >= 4 is 12.6 Å². The first-order chi connectivity index (χ1) is 3.41. The van der Waals surface area contributed by atoms with Crippen LogP contribution in [0.5, 0.6) is 0 Å². The highest BCUT2D eigenvalue weighted by molar-refractivity contribution is 5.79. The first kappa shape index (κ1) is 5.88. The zero-order valence-electron chi connectivity index (χ0n) is 3.91. The van der Waals surface area contributed by atoms with Crippen LogP contribution in [0.2, 0.25) is 0 Å². The molecule has 0 rings (SSSR count). The highest BCUT2D eigenvalue weighted by Crippen LogP contribution is 1.55. The van der Waals surface area contributed by atoms with Crippen LogP contribution >= 0.6 is 0 Å². The normalized spacial score (nSPS) is 10.9. The first-order valence-electron chi connectivity index (χ1n) is 1.77. The molecule has 0 saturated heterocycles. The molecule has 3 nitrogen and oxygen atoms in total. The van der Waals surface area contributed by atoms with E-state index in [-0.39, 0.29) is 0 Å². The van der Waals surface area contributed by atoms with E-state index in [2.05, 4.69) is 16.7 Å². The molecule has 0 aliphatic carbocycles.